The molecule has 2 heterocycles. The number of aromatic amines is 2. The van der Waals surface area contributed by atoms with Crippen LogP contribution in [-0.2, 0) is 9.53 Å². The van der Waals surface area contributed by atoms with E-state index in [9.17, 15) is 14.4 Å². The third kappa shape index (κ3) is 3.79. The molecule has 1 amide bonds. The summed E-state index contributed by atoms with van der Waals surface area (Å²) in [6.45, 7) is 1.45. The zero-order chi connectivity index (χ0) is 20.4. The topological polar surface area (TPSA) is 122 Å². The Balaban J connectivity index is 1.43. The molecule has 2 aromatic heterocycles. The fourth-order valence-electron chi connectivity index (χ4n) is 2.81. The zero-order valence-electron chi connectivity index (χ0n) is 15.4. The Kier molecular flexibility index (Phi) is 4.70. The Hall–Kier alpha value is -4.14. The van der Waals surface area contributed by atoms with Crippen molar-refractivity contribution in [1.82, 2.24) is 19.7 Å². The average molecular weight is 391 g/mol. The molecule has 9 nitrogen and oxygen atoms in total. The first kappa shape index (κ1) is 18.2. The molecule has 4 aromatic rings. The molecule has 2 aromatic carbocycles. The molecule has 9 heteroatoms. The standard InChI is InChI=1S/C20H17N5O4/c1-12(29-20(28)13-7-8-15-16(9-13)22-11-21-15)19(27)23-17-10-18(26)25(24-17)14-5-3-2-4-6-14/h2-12,24H,1H3,(H,21,22)(H,23,27). The van der Waals surface area contributed by atoms with Crippen LogP contribution in [0.4, 0.5) is 5.82 Å². The maximum Gasteiger partial charge on any atom is 0.338 e. The lowest BCUT2D eigenvalue weighted by atomic mass is 10.2. The normalized spacial score (nSPS) is 11.9. The minimum atomic E-state index is -1.07. The van der Waals surface area contributed by atoms with Crippen molar-refractivity contribution < 1.29 is 14.3 Å². The van der Waals surface area contributed by atoms with Crippen molar-refractivity contribution in [1.29, 1.82) is 0 Å². The van der Waals surface area contributed by atoms with E-state index >= 15 is 0 Å². The number of hydrogen-bond donors (Lipinski definition) is 3. The first-order valence-electron chi connectivity index (χ1n) is 8.84. The van der Waals surface area contributed by atoms with Crippen LogP contribution < -0.4 is 10.9 Å². The summed E-state index contributed by atoms with van der Waals surface area (Å²) in [7, 11) is 0. The van der Waals surface area contributed by atoms with Crippen molar-refractivity contribution >= 4 is 28.7 Å². The quantitative estimate of drug-likeness (QED) is 0.450. The molecule has 0 aliphatic rings. The van der Waals surface area contributed by atoms with Crippen LogP contribution in [0.25, 0.3) is 16.7 Å². The third-order valence-corrected chi connectivity index (χ3v) is 4.30. The Bertz CT molecular complexity index is 1240. The molecule has 4 rings (SSSR count). The number of para-hydroxylation sites is 1. The van der Waals surface area contributed by atoms with Crippen LogP contribution in [-0.4, -0.2) is 37.7 Å². The van der Waals surface area contributed by atoms with Crippen molar-refractivity contribution in [2.45, 2.75) is 13.0 Å². The van der Waals surface area contributed by atoms with Gasteiger partial charge in [-0.3, -0.25) is 14.7 Å². The van der Waals surface area contributed by atoms with E-state index in [1.165, 1.54) is 24.0 Å². The minimum Gasteiger partial charge on any atom is -0.449 e. The molecule has 0 radical (unpaired) electrons. The predicted molar refractivity (Wildman–Crippen MR) is 106 cm³/mol. The molecule has 0 fully saturated rings. The van der Waals surface area contributed by atoms with Gasteiger partial charge >= 0.3 is 5.97 Å². The lowest BCUT2D eigenvalue weighted by Gasteiger charge is -2.12. The van der Waals surface area contributed by atoms with Gasteiger partial charge in [0.05, 0.1) is 28.6 Å². The Morgan fingerprint density at radius 3 is 2.72 bits per heavy atom. The molecule has 0 aliphatic heterocycles. The summed E-state index contributed by atoms with van der Waals surface area (Å²) in [4.78, 5) is 43.8. The number of nitrogens with one attached hydrogen (secondary N) is 3. The zero-order valence-corrected chi connectivity index (χ0v) is 15.4. The highest BCUT2D eigenvalue weighted by Gasteiger charge is 2.20. The van der Waals surface area contributed by atoms with Crippen LogP contribution >= 0.6 is 0 Å². The van der Waals surface area contributed by atoms with Crippen LogP contribution in [0.15, 0.2) is 65.7 Å². The van der Waals surface area contributed by atoms with Gasteiger partial charge in [0.25, 0.3) is 11.5 Å². The van der Waals surface area contributed by atoms with Crippen LogP contribution in [0.2, 0.25) is 0 Å². The van der Waals surface area contributed by atoms with Crippen molar-refractivity contribution in [2.24, 2.45) is 0 Å². The molecule has 1 atom stereocenters. The van der Waals surface area contributed by atoms with Gasteiger partial charge in [-0.1, -0.05) is 18.2 Å². The summed E-state index contributed by atoms with van der Waals surface area (Å²) < 4.78 is 6.53. The number of aromatic nitrogens is 4. The van der Waals surface area contributed by atoms with Gasteiger partial charge < -0.3 is 15.0 Å². The second-order valence-electron chi connectivity index (χ2n) is 6.35. The number of nitrogens with zero attached hydrogens (tertiary/aromatic N) is 2. The molecular weight excluding hydrogens is 374 g/mol. The lowest BCUT2D eigenvalue weighted by molar-refractivity contribution is -0.123. The number of anilines is 1. The molecule has 1 unspecified atom stereocenters. The highest BCUT2D eigenvalue weighted by molar-refractivity contribution is 5.98. The van der Waals surface area contributed by atoms with Crippen molar-refractivity contribution in [2.75, 3.05) is 5.32 Å². The molecule has 0 saturated carbocycles. The van der Waals surface area contributed by atoms with Gasteiger partial charge in [-0.05, 0) is 37.3 Å². The fraction of sp³-hybridized carbons (Fsp3) is 0.100. The van der Waals surface area contributed by atoms with Crippen LogP contribution in [0.5, 0.6) is 0 Å². The van der Waals surface area contributed by atoms with Gasteiger partial charge in [0.15, 0.2) is 6.10 Å². The molecular formula is C20H17N5O4. The number of esters is 1. The summed E-state index contributed by atoms with van der Waals surface area (Å²) in [6, 6.07) is 15.1. The SMILES string of the molecule is CC(OC(=O)c1ccc2nc[nH]c2c1)C(=O)Nc1cc(=O)n(-c2ccccc2)[nH]1. The predicted octanol–water partition coefficient (Wildman–Crippen LogP) is 2.23. The second kappa shape index (κ2) is 7.47. The highest BCUT2D eigenvalue weighted by atomic mass is 16.5. The number of H-pyrrole nitrogens is 2. The van der Waals surface area contributed by atoms with E-state index in [4.69, 9.17) is 4.74 Å². The van der Waals surface area contributed by atoms with E-state index in [1.807, 2.05) is 6.07 Å². The average Bonchev–Trinajstić information content (AvgIpc) is 3.34. The van der Waals surface area contributed by atoms with Crippen molar-refractivity contribution in [3.8, 4) is 5.69 Å². The Labute approximate surface area is 164 Å². The molecule has 0 saturated heterocycles. The molecule has 0 bridgehead atoms. The largest absolute Gasteiger partial charge is 0.449 e. The number of imidazole rings is 1. The van der Waals surface area contributed by atoms with E-state index in [0.717, 1.165) is 5.52 Å². The van der Waals surface area contributed by atoms with Gasteiger partial charge in [0, 0.05) is 6.07 Å². The first-order valence-corrected chi connectivity index (χ1v) is 8.84. The summed E-state index contributed by atoms with van der Waals surface area (Å²) in [5, 5.41) is 5.35. The van der Waals surface area contributed by atoms with E-state index in [0.29, 0.717) is 16.8 Å². The summed E-state index contributed by atoms with van der Waals surface area (Å²) in [5.74, 6) is -1.01. The number of ether oxygens (including phenoxy) is 1. The molecule has 29 heavy (non-hydrogen) atoms. The summed E-state index contributed by atoms with van der Waals surface area (Å²) in [5.41, 5.74) is 2.01. The number of rotatable bonds is 5. The third-order valence-electron chi connectivity index (χ3n) is 4.30. The van der Waals surface area contributed by atoms with Gasteiger partial charge in [0.2, 0.25) is 0 Å². The smallest absolute Gasteiger partial charge is 0.338 e. The lowest BCUT2D eigenvalue weighted by Crippen LogP contribution is -2.30. The van der Waals surface area contributed by atoms with Gasteiger partial charge in [0.1, 0.15) is 5.82 Å². The number of benzene rings is 2. The van der Waals surface area contributed by atoms with Crippen LogP contribution in [0, 0.1) is 0 Å². The first-order chi connectivity index (χ1) is 14.0. The molecule has 146 valence electrons. The summed E-state index contributed by atoms with van der Waals surface area (Å²) >= 11 is 0. The van der Waals surface area contributed by atoms with Crippen LogP contribution in [0.3, 0.4) is 0 Å². The van der Waals surface area contributed by atoms with Gasteiger partial charge in [-0.2, -0.15) is 0 Å². The minimum absolute atomic E-state index is 0.200. The molecule has 0 aliphatic carbocycles. The monoisotopic (exact) mass is 391 g/mol. The number of amides is 1. The van der Waals surface area contributed by atoms with E-state index in [1.54, 1.807) is 42.5 Å². The maximum absolute atomic E-state index is 12.4. The van der Waals surface area contributed by atoms with Crippen molar-refractivity contribution in [3.63, 3.8) is 0 Å². The van der Waals surface area contributed by atoms with E-state index in [-0.39, 0.29) is 11.4 Å². The number of carbonyl (C=O) groups is 2. The van der Waals surface area contributed by atoms with E-state index < -0.39 is 18.0 Å². The Morgan fingerprint density at radius 1 is 1.14 bits per heavy atom. The number of hydrogen-bond acceptors (Lipinski definition) is 5. The molecule has 3 N–H and O–H groups in total. The van der Waals surface area contributed by atoms with Gasteiger partial charge in [-0.15, -0.1) is 0 Å². The number of fused-ring (bicyclic) bond motifs is 1. The number of carbonyl (C=O) groups excluding carboxylic acids is 2. The van der Waals surface area contributed by atoms with Gasteiger partial charge in [-0.25, -0.2) is 14.5 Å². The van der Waals surface area contributed by atoms with Crippen molar-refractivity contribution in [3.05, 3.63) is 76.8 Å². The Morgan fingerprint density at radius 2 is 1.93 bits per heavy atom. The second-order valence-corrected chi connectivity index (χ2v) is 6.35. The van der Waals surface area contributed by atoms with Crippen LogP contribution in [0.1, 0.15) is 17.3 Å². The summed E-state index contributed by atoms with van der Waals surface area (Å²) in [6.07, 6.45) is 0.460. The highest BCUT2D eigenvalue weighted by Crippen LogP contribution is 2.14. The van der Waals surface area contributed by atoms with E-state index in [2.05, 4.69) is 20.4 Å². The molecule has 0 spiro atoms. The fourth-order valence-corrected chi connectivity index (χ4v) is 2.81. The maximum atomic E-state index is 12.4.